The smallest absolute Gasteiger partial charge is 0.226 e. The standard InChI is InChI=1S/C14H17N5/c1-10-8-11(2)18-14(17-10)19-7-3-4-13(19)12-5-6-15-9-16-12/h5-6,8-9,13H,3-4,7H2,1-2H3/t13-/m1/s1. The van der Waals surface area contributed by atoms with Gasteiger partial charge in [0.1, 0.15) is 6.33 Å². The number of aromatic nitrogens is 4. The van der Waals surface area contributed by atoms with Crippen molar-refractivity contribution in [3.63, 3.8) is 0 Å². The molecule has 0 spiro atoms. The van der Waals surface area contributed by atoms with E-state index in [9.17, 15) is 0 Å². The van der Waals surface area contributed by atoms with Crippen LogP contribution in [0.15, 0.2) is 24.7 Å². The molecule has 0 aromatic carbocycles. The molecular weight excluding hydrogens is 238 g/mol. The molecule has 1 saturated heterocycles. The molecule has 0 aliphatic carbocycles. The summed E-state index contributed by atoms with van der Waals surface area (Å²) in [7, 11) is 0. The van der Waals surface area contributed by atoms with Crippen LogP contribution in [0.4, 0.5) is 5.95 Å². The van der Waals surface area contributed by atoms with Crippen molar-refractivity contribution in [3.05, 3.63) is 41.7 Å². The number of aryl methyl sites for hydroxylation is 2. The second kappa shape index (κ2) is 4.91. The zero-order valence-corrected chi connectivity index (χ0v) is 11.2. The predicted molar refractivity (Wildman–Crippen MR) is 72.9 cm³/mol. The van der Waals surface area contributed by atoms with E-state index in [1.54, 1.807) is 12.5 Å². The van der Waals surface area contributed by atoms with Gasteiger partial charge in [-0.05, 0) is 38.8 Å². The van der Waals surface area contributed by atoms with Crippen molar-refractivity contribution in [1.29, 1.82) is 0 Å². The molecule has 5 nitrogen and oxygen atoms in total. The van der Waals surface area contributed by atoms with Gasteiger partial charge in [0.25, 0.3) is 0 Å². The van der Waals surface area contributed by atoms with Crippen LogP contribution in [-0.4, -0.2) is 26.5 Å². The van der Waals surface area contributed by atoms with E-state index in [2.05, 4.69) is 24.8 Å². The van der Waals surface area contributed by atoms with Crippen molar-refractivity contribution in [2.24, 2.45) is 0 Å². The Morgan fingerprint density at radius 3 is 2.68 bits per heavy atom. The van der Waals surface area contributed by atoms with E-state index in [-0.39, 0.29) is 6.04 Å². The number of rotatable bonds is 2. The minimum Gasteiger partial charge on any atom is -0.332 e. The van der Waals surface area contributed by atoms with Gasteiger partial charge < -0.3 is 4.90 Å². The Labute approximate surface area is 112 Å². The molecule has 5 heteroatoms. The summed E-state index contributed by atoms with van der Waals surface area (Å²) in [4.78, 5) is 19.7. The van der Waals surface area contributed by atoms with E-state index in [1.165, 1.54) is 0 Å². The number of nitrogens with zero attached hydrogens (tertiary/aromatic N) is 5. The normalized spacial score (nSPS) is 18.8. The van der Waals surface area contributed by atoms with Gasteiger partial charge in [0.05, 0.1) is 11.7 Å². The van der Waals surface area contributed by atoms with Crippen molar-refractivity contribution in [2.75, 3.05) is 11.4 Å². The van der Waals surface area contributed by atoms with Gasteiger partial charge in [0.2, 0.25) is 5.95 Å². The van der Waals surface area contributed by atoms with E-state index in [0.29, 0.717) is 0 Å². The van der Waals surface area contributed by atoms with Crippen molar-refractivity contribution in [2.45, 2.75) is 32.7 Å². The largest absolute Gasteiger partial charge is 0.332 e. The molecule has 1 aliphatic heterocycles. The molecular formula is C14H17N5. The maximum atomic E-state index is 4.56. The van der Waals surface area contributed by atoms with Gasteiger partial charge in [0.15, 0.2) is 0 Å². The number of hydrogen-bond donors (Lipinski definition) is 0. The third-order valence-electron chi connectivity index (χ3n) is 3.43. The Morgan fingerprint density at radius 1 is 1.21 bits per heavy atom. The summed E-state index contributed by atoms with van der Waals surface area (Å²) in [6, 6.07) is 4.24. The zero-order valence-electron chi connectivity index (χ0n) is 11.2. The van der Waals surface area contributed by atoms with Crippen molar-refractivity contribution in [1.82, 2.24) is 19.9 Å². The van der Waals surface area contributed by atoms with Gasteiger partial charge in [-0.25, -0.2) is 19.9 Å². The van der Waals surface area contributed by atoms with Crippen molar-refractivity contribution < 1.29 is 0 Å². The lowest BCUT2D eigenvalue weighted by molar-refractivity contribution is 0.674. The summed E-state index contributed by atoms with van der Waals surface area (Å²) >= 11 is 0. The first-order valence-corrected chi connectivity index (χ1v) is 6.59. The summed E-state index contributed by atoms with van der Waals surface area (Å²) < 4.78 is 0. The molecule has 3 rings (SSSR count). The van der Waals surface area contributed by atoms with Crippen LogP contribution in [0, 0.1) is 13.8 Å². The highest BCUT2D eigenvalue weighted by Gasteiger charge is 2.29. The van der Waals surface area contributed by atoms with Crippen LogP contribution >= 0.6 is 0 Å². The number of anilines is 1. The third-order valence-corrected chi connectivity index (χ3v) is 3.43. The predicted octanol–water partition coefficient (Wildman–Crippen LogP) is 2.22. The monoisotopic (exact) mass is 255 g/mol. The Kier molecular flexibility index (Phi) is 3.11. The lowest BCUT2D eigenvalue weighted by atomic mass is 10.1. The Morgan fingerprint density at radius 2 is 2.00 bits per heavy atom. The maximum Gasteiger partial charge on any atom is 0.226 e. The van der Waals surface area contributed by atoms with Crippen molar-refractivity contribution in [3.8, 4) is 0 Å². The van der Waals surface area contributed by atoms with Crippen LogP contribution in [0.1, 0.15) is 36.0 Å². The van der Waals surface area contributed by atoms with Gasteiger partial charge in [0, 0.05) is 24.1 Å². The fraction of sp³-hybridized carbons (Fsp3) is 0.429. The third kappa shape index (κ3) is 2.41. The molecule has 1 atom stereocenters. The molecule has 0 saturated carbocycles. The fourth-order valence-corrected chi connectivity index (χ4v) is 2.65. The zero-order chi connectivity index (χ0) is 13.2. The first kappa shape index (κ1) is 12.0. The lowest BCUT2D eigenvalue weighted by Gasteiger charge is -2.24. The van der Waals surface area contributed by atoms with Gasteiger partial charge in [-0.2, -0.15) is 0 Å². The highest BCUT2D eigenvalue weighted by Crippen LogP contribution is 2.33. The van der Waals surface area contributed by atoms with E-state index in [1.807, 2.05) is 26.0 Å². The molecule has 2 aromatic rings. The highest BCUT2D eigenvalue weighted by atomic mass is 15.3. The molecule has 2 aromatic heterocycles. The van der Waals surface area contributed by atoms with Gasteiger partial charge in [-0.3, -0.25) is 0 Å². The van der Waals surface area contributed by atoms with Gasteiger partial charge >= 0.3 is 0 Å². The Hall–Kier alpha value is -2.04. The van der Waals surface area contributed by atoms with Crippen LogP contribution in [0.5, 0.6) is 0 Å². The Bertz CT molecular complexity index is 549. The van der Waals surface area contributed by atoms with Crippen LogP contribution < -0.4 is 4.90 Å². The quantitative estimate of drug-likeness (QED) is 0.823. The average Bonchev–Trinajstić information content (AvgIpc) is 2.88. The molecule has 0 bridgehead atoms. The average molecular weight is 255 g/mol. The second-order valence-corrected chi connectivity index (χ2v) is 4.94. The summed E-state index contributed by atoms with van der Waals surface area (Å²) in [5, 5.41) is 0. The molecule has 19 heavy (non-hydrogen) atoms. The molecule has 98 valence electrons. The molecule has 0 radical (unpaired) electrons. The molecule has 3 heterocycles. The minimum absolute atomic E-state index is 0.268. The van der Waals surface area contributed by atoms with E-state index >= 15 is 0 Å². The Balaban J connectivity index is 1.95. The van der Waals surface area contributed by atoms with Crippen LogP contribution in [0.2, 0.25) is 0 Å². The molecule has 0 amide bonds. The van der Waals surface area contributed by atoms with Crippen LogP contribution in [-0.2, 0) is 0 Å². The second-order valence-electron chi connectivity index (χ2n) is 4.94. The summed E-state index contributed by atoms with van der Waals surface area (Å²) in [6.45, 7) is 5.00. The van der Waals surface area contributed by atoms with E-state index in [0.717, 1.165) is 42.4 Å². The fourth-order valence-electron chi connectivity index (χ4n) is 2.65. The van der Waals surface area contributed by atoms with Crippen molar-refractivity contribution >= 4 is 5.95 Å². The SMILES string of the molecule is Cc1cc(C)nc(N2CCC[C@@H]2c2ccncn2)n1. The van der Waals surface area contributed by atoms with E-state index in [4.69, 9.17) is 0 Å². The molecule has 0 unspecified atom stereocenters. The summed E-state index contributed by atoms with van der Waals surface area (Å²) in [6.07, 6.45) is 5.63. The molecule has 0 N–H and O–H groups in total. The minimum atomic E-state index is 0.268. The van der Waals surface area contributed by atoms with Crippen LogP contribution in [0.25, 0.3) is 0 Å². The molecule has 1 fully saturated rings. The van der Waals surface area contributed by atoms with Gasteiger partial charge in [-0.15, -0.1) is 0 Å². The maximum absolute atomic E-state index is 4.56. The summed E-state index contributed by atoms with van der Waals surface area (Å²) in [5.41, 5.74) is 3.07. The lowest BCUT2D eigenvalue weighted by Crippen LogP contribution is -2.25. The first-order valence-electron chi connectivity index (χ1n) is 6.59. The highest BCUT2D eigenvalue weighted by molar-refractivity contribution is 5.37. The van der Waals surface area contributed by atoms with E-state index < -0.39 is 0 Å². The summed E-state index contributed by atoms with van der Waals surface area (Å²) in [5.74, 6) is 0.818. The van der Waals surface area contributed by atoms with Gasteiger partial charge in [-0.1, -0.05) is 0 Å². The van der Waals surface area contributed by atoms with Crippen LogP contribution in [0.3, 0.4) is 0 Å². The number of hydrogen-bond acceptors (Lipinski definition) is 5. The topological polar surface area (TPSA) is 54.8 Å². The first-order chi connectivity index (χ1) is 9.24. The molecule has 1 aliphatic rings.